The second-order valence-electron chi connectivity index (χ2n) is 3.34. The second kappa shape index (κ2) is 7.92. The zero-order chi connectivity index (χ0) is 12.6. The van der Waals surface area contributed by atoms with Crippen LogP contribution in [-0.2, 0) is 4.79 Å². The minimum absolute atomic E-state index is 0.0454. The van der Waals surface area contributed by atoms with E-state index in [0.29, 0.717) is 25.6 Å². The lowest BCUT2D eigenvalue weighted by atomic mass is 10.3. The van der Waals surface area contributed by atoms with Crippen molar-refractivity contribution in [1.29, 1.82) is 0 Å². The number of carbonyl (C=O) groups excluding carboxylic acids is 1. The highest BCUT2D eigenvalue weighted by Crippen LogP contribution is 1.94. The lowest BCUT2D eigenvalue weighted by molar-refractivity contribution is -0.132. The molecule has 0 aliphatic rings. The number of nitrogens with zero attached hydrogens (tertiary/aromatic N) is 2. The molecular weight excluding hydrogens is 206 g/mol. The quantitative estimate of drug-likeness (QED) is 0.261. The van der Waals surface area contributed by atoms with Gasteiger partial charge in [0.25, 0.3) is 0 Å². The SMILES string of the molecule is CCN=C(NN)NC(C)C(=O)N(CC)CC. The number of nitrogens with two attached hydrogens (primary N) is 1. The summed E-state index contributed by atoms with van der Waals surface area (Å²) in [6.07, 6.45) is 0. The normalized spacial score (nSPS) is 13.2. The third kappa shape index (κ3) is 4.48. The number of hydrazine groups is 1. The first-order chi connectivity index (χ1) is 7.60. The number of amides is 1. The first kappa shape index (κ1) is 14.7. The molecule has 1 atom stereocenters. The number of carbonyl (C=O) groups is 1. The molecule has 94 valence electrons. The van der Waals surface area contributed by atoms with E-state index in [0.717, 1.165) is 0 Å². The van der Waals surface area contributed by atoms with Crippen LogP contribution in [0.1, 0.15) is 27.7 Å². The van der Waals surface area contributed by atoms with E-state index in [1.54, 1.807) is 11.8 Å². The molecule has 0 aliphatic carbocycles. The van der Waals surface area contributed by atoms with E-state index in [1.165, 1.54) is 0 Å². The number of aliphatic imine (C=N–C) groups is 1. The van der Waals surface area contributed by atoms with Crippen LogP contribution in [0.15, 0.2) is 4.99 Å². The van der Waals surface area contributed by atoms with Crippen molar-refractivity contribution in [3.05, 3.63) is 0 Å². The monoisotopic (exact) mass is 229 g/mol. The average Bonchev–Trinajstić information content (AvgIpc) is 2.29. The average molecular weight is 229 g/mol. The Labute approximate surface area is 97.3 Å². The van der Waals surface area contributed by atoms with Crippen LogP contribution in [0.3, 0.4) is 0 Å². The molecule has 0 saturated heterocycles. The summed E-state index contributed by atoms with van der Waals surface area (Å²) in [6.45, 7) is 9.62. The van der Waals surface area contributed by atoms with Gasteiger partial charge in [-0.2, -0.15) is 0 Å². The Hall–Kier alpha value is -1.30. The van der Waals surface area contributed by atoms with Gasteiger partial charge in [-0.15, -0.1) is 0 Å². The van der Waals surface area contributed by atoms with Crippen LogP contribution in [0.4, 0.5) is 0 Å². The van der Waals surface area contributed by atoms with Gasteiger partial charge in [0, 0.05) is 19.6 Å². The molecule has 0 radical (unpaired) electrons. The second-order valence-corrected chi connectivity index (χ2v) is 3.34. The van der Waals surface area contributed by atoms with Crippen molar-refractivity contribution >= 4 is 11.9 Å². The van der Waals surface area contributed by atoms with Crippen molar-refractivity contribution in [3.8, 4) is 0 Å². The van der Waals surface area contributed by atoms with Crippen molar-refractivity contribution in [2.45, 2.75) is 33.7 Å². The Morgan fingerprint density at radius 1 is 1.38 bits per heavy atom. The lowest BCUT2D eigenvalue weighted by Crippen LogP contribution is -2.52. The first-order valence-corrected chi connectivity index (χ1v) is 5.66. The Bertz CT molecular complexity index is 237. The summed E-state index contributed by atoms with van der Waals surface area (Å²) in [5.74, 6) is 5.77. The minimum Gasteiger partial charge on any atom is -0.344 e. The highest BCUT2D eigenvalue weighted by Gasteiger charge is 2.18. The summed E-state index contributed by atoms with van der Waals surface area (Å²) in [7, 11) is 0. The smallest absolute Gasteiger partial charge is 0.244 e. The van der Waals surface area contributed by atoms with Crippen LogP contribution in [0.2, 0.25) is 0 Å². The molecule has 0 aromatic rings. The Morgan fingerprint density at radius 3 is 2.31 bits per heavy atom. The highest BCUT2D eigenvalue weighted by atomic mass is 16.2. The molecule has 0 aliphatic heterocycles. The van der Waals surface area contributed by atoms with Gasteiger partial charge in [0.05, 0.1) is 0 Å². The zero-order valence-corrected chi connectivity index (χ0v) is 10.6. The third-order valence-corrected chi connectivity index (χ3v) is 2.25. The van der Waals surface area contributed by atoms with E-state index in [-0.39, 0.29) is 11.9 Å². The minimum atomic E-state index is -0.332. The predicted molar refractivity (Wildman–Crippen MR) is 65.8 cm³/mol. The number of likely N-dealkylation sites (N-methyl/N-ethyl adjacent to an activating group) is 1. The van der Waals surface area contributed by atoms with Crippen molar-refractivity contribution in [1.82, 2.24) is 15.6 Å². The fraction of sp³-hybridized carbons (Fsp3) is 0.800. The largest absolute Gasteiger partial charge is 0.344 e. The molecule has 0 spiro atoms. The van der Waals surface area contributed by atoms with Gasteiger partial charge in [0.1, 0.15) is 6.04 Å². The maximum Gasteiger partial charge on any atom is 0.244 e. The van der Waals surface area contributed by atoms with Gasteiger partial charge in [-0.05, 0) is 27.7 Å². The van der Waals surface area contributed by atoms with Crippen LogP contribution in [-0.4, -0.2) is 42.4 Å². The van der Waals surface area contributed by atoms with E-state index in [4.69, 9.17) is 5.84 Å². The highest BCUT2D eigenvalue weighted by molar-refractivity contribution is 5.88. The lowest BCUT2D eigenvalue weighted by Gasteiger charge is -2.24. The Kier molecular flexibility index (Phi) is 7.28. The van der Waals surface area contributed by atoms with Crippen LogP contribution < -0.4 is 16.6 Å². The zero-order valence-electron chi connectivity index (χ0n) is 10.6. The molecule has 4 N–H and O–H groups in total. The summed E-state index contributed by atoms with van der Waals surface area (Å²) in [4.78, 5) is 17.7. The molecule has 0 aromatic heterocycles. The Balaban J connectivity index is 4.38. The van der Waals surface area contributed by atoms with Crippen LogP contribution in [0.5, 0.6) is 0 Å². The molecule has 6 heteroatoms. The molecule has 0 rings (SSSR count). The van der Waals surface area contributed by atoms with Gasteiger partial charge in [-0.1, -0.05) is 0 Å². The van der Waals surface area contributed by atoms with Gasteiger partial charge >= 0.3 is 0 Å². The van der Waals surface area contributed by atoms with Crippen LogP contribution in [0.25, 0.3) is 0 Å². The fourth-order valence-electron chi connectivity index (χ4n) is 1.37. The number of guanidine groups is 1. The van der Waals surface area contributed by atoms with Crippen molar-refractivity contribution < 1.29 is 4.79 Å². The van der Waals surface area contributed by atoms with Crippen molar-refractivity contribution in [3.63, 3.8) is 0 Å². The van der Waals surface area contributed by atoms with Gasteiger partial charge in [-0.25, -0.2) is 5.84 Å². The molecule has 16 heavy (non-hydrogen) atoms. The molecule has 1 unspecified atom stereocenters. The topological polar surface area (TPSA) is 82.7 Å². The molecule has 0 saturated carbocycles. The number of nitrogens with one attached hydrogen (secondary N) is 2. The summed E-state index contributed by atoms with van der Waals surface area (Å²) in [6, 6.07) is -0.332. The molecule has 0 fully saturated rings. The molecule has 0 aromatic carbocycles. The van der Waals surface area contributed by atoms with Gasteiger partial charge in [-0.3, -0.25) is 15.2 Å². The third-order valence-electron chi connectivity index (χ3n) is 2.25. The molecule has 0 bridgehead atoms. The summed E-state index contributed by atoms with van der Waals surface area (Å²) in [5, 5.41) is 2.94. The summed E-state index contributed by atoms with van der Waals surface area (Å²) < 4.78 is 0. The van der Waals surface area contributed by atoms with E-state index in [2.05, 4.69) is 15.7 Å². The maximum atomic E-state index is 11.9. The van der Waals surface area contributed by atoms with E-state index in [9.17, 15) is 4.79 Å². The molecular formula is C10H23N5O. The van der Waals surface area contributed by atoms with E-state index < -0.39 is 0 Å². The summed E-state index contributed by atoms with van der Waals surface area (Å²) in [5.41, 5.74) is 2.43. The fourth-order valence-corrected chi connectivity index (χ4v) is 1.37. The van der Waals surface area contributed by atoms with Gasteiger partial charge < -0.3 is 10.2 Å². The van der Waals surface area contributed by atoms with Gasteiger partial charge in [0.15, 0.2) is 0 Å². The molecule has 0 heterocycles. The summed E-state index contributed by atoms with van der Waals surface area (Å²) >= 11 is 0. The number of hydrogen-bond acceptors (Lipinski definition) is 3. The maximum absolute atomic E-state index is 11.9. The van der Waals surface area contributed by atoms with Crippen LogP contribution in [0, 0.1) is 0 Å². The molecule has 6 nitrogen and oxygen atoms in total. The van der Waals surface area contributed by atoms with Gasteiger partial charge in [0.2, 0.25) is 11.9 Å². The first-order valence-electron chi connectivity index (χ1n) is 5.66. The van der Waals surface area contributed by atoms with E-state index >= 15 is 0 Å². The van der Waals surface area contributed by atoms with Crippen molar-refractivity contribution in [2.75, 3.05) is 19.6 Å². The van der Waals surface area contributed by atoms with Crippen LogP contribution >= 0.6 is 0 Å². The Morgan fingerprint density at radius 2 is 1.94 bits per heavy atom. The number of hydrogen-bond donors (Lipinski definition) is 3. The van der Waals surface area contributed by atoms with E-state index in [1.807, 2.05) is 20.8 Å². The molecule has 1 amide bonds. The predicted octanol–water partition coefficient (Wildman–Crippen LogP) is -0.328. The number of rotatable bonds is 5. The standard InChI is InChI=1S/C10H23N5O/c1-5-12-10(14-11)13-8(4)9(16)15(6-2)7-3/h8H,5-7,11H2,1-4H3,(H2,12,13,14). The van der Waals surface area contributed by atoms with Crippen molar-refractivity contribution in [2.24, 2.45) is 10.8 Å².